The number of hydrogen-bond acceptors (Lipinski definition) is 2. The van der Waals surface area contributed by atoms with Crippen molar-refractivity contribution in [1.82, 2.24) is 9.80 Å². The van der Waals surface area contributed by atoms with Gasteiger partial charge in [-0.3, -0.25) is 0 Å². The number of urea groups is 1. The molecule has 0 aromatic rings. The van der Waals surface area contributed by atoms with Crippen molar-refractivity contribution in [3.63, 3.8) is 0 Å². The van der Waals surface area contributed by atoms with Crippen molar-refractivity contribution in [2.75, 3.05) is 13.6 Å². The Kier molecular flexibility index (Phi) is 4.99. The van der Waals surface area contributed by atoms with E-state index in [0.29, 0.717) is 12.3 Å². The van der Waals surface area contributed by atoms with Gasteiger partial charge in [-0.2, -0.15) is 0 Å². The smallest absolute Gasteiger partial charge is 0.326 e. The second kappa shape index (κ2) is 6.07. The van der Waals surface area contributed by atoms with Crippen LogP contribution in [0.25, 0.3) is 0 Å². The summed E-state index contributed by atoms with van der Waals surface area (Å²) in [5.74, 6) is -0.466. The number of nitrogens with zero attached hydrogens (tertiary/aromatic N) is 2. The highest BCUT2D eigenvalue weighted by molar-refractivity contribution is 5.82. The molecule has 0 aromatic carbocycles. The molecular formula is C13H24N2O3. The maximum Gasteiger partial charge on any atom is 0.326 e. The minimum Gasteiger partial charge on any atom is -0.480 e. The van der Waals surface area contributed by atoms with E-state index in [4.69, 9.17) is 5.11 Å². The summed E-state index contributed by atoms with van der Waals surface area (Å²) >= 11 is 0. The predicted molar refractivity (Wildman–Crippen MR) is 69.4 cm³/mol. The van der Waals surface area contributed by atoms with E-state index in [-0.39, 0.29) is 12.1 Å². The number of hydrogen-bond donors (Lipinski definition) is 1. The van der Waals surface area contributed by atoms with Crippen LogP contribution < -0.4 is 0 Å². The first-order chi connectivity index (χ1) is 8.40. The average molecular weight is 256 g/mol. The van der Waals surface area contributed by atoms with E-state index >= 15 is 0 Å². The lowest BCUT2D eigenvalue weighted by molar-refractivity contribution is -0.142. The number of likely N-dealkylation sites (tertiary alicyclic amines) is 1. The minimum absolute atomic E-state index is 0.164. The second-order valence-electron chi connectivity index (χ2n) is 5.21. The van der Waals surface area contributed by atoms with E-state index in [1.54, 1.807) is 18.9 Å². The van der Waals surface area contributed by atoms with Crippen molar-refractivity contribution in [3.05, 3.63) is 0 Å². The zero-order valence-corrected chi connectivity index (χ0v) is 11.7. The first-order valence-electron chi connectivity index (χ1n) is 6.66. The van der Waals surface area contributed by atoms with Gasteiger partial charge in [0.25, 0.3) is 0 Å². The molecule has 1 aliphatic rings. The maximum absolute atomic E-state index is 12.3. The lowest BCUT2D eigenvalue weighted by Crippen LogP contribution is -2.54. The minimum atomic E-state index is -0.939. The fourth-order valence-electron chi connectivity index (χ4n) is 2.56. The molecule has 0 spiro atoms. The van der Waals surface area contributed by atoms with Gasteiger partial charge in [0.15, 0.2) is 0 Å². The monoisotopic (exact) mass is 256 g/mol. The third-order valence-corrected chi connectivity index (χ3v) is 4.06. The Bertz CT molecular complexity index is 319. The lowest BCUT2D eigenvalue weighted by atomic mass is 9.92. The van der Waals surface area contributed by atoms with Crippen LogP contribution >= 0.6 is 0 Å². The van der Waals surface area contributed by atoms with Crippen molar-refractivity contribution in [3.8, 4) is 0 Å². The standard InChI is InChI=1S/C13H24N2O3/c1-5-11(12(16)17)14(4)13(18)15-8-6-7-9(2)10(15)3/h9-11H,5-8H2,1-4H3,(H,16,17). The molecule has 1 fully saturated rings. The molecule has 1 aliphatic heterocycles. The Hall–Kier alpha value is -1.26. The molecular weight excluding hydrogens is 232 g/mol. The van der Waals surface area contributed by atoms with E-state index in [2.05, 4.69) is 6.92 Å². The molecule has 1 saturated heterocycles. The van der Waals surface area contributed by atoms with Crippen LogP contribution in [0, 0.1) is 5.92 Å². The van der Waals surface area contributed by atoms with Gasteiger partial charge in [-0.25, -0.2) is 9.59 Å². The summed E-state index contributed by atoms with van der Waals surface area (Å²) in [6, 6.07) is -0.717. The Morgan fingerprint density at radius 2 is 2.06 bits per heavy atom. The molecule has 1 heterocycles. The quantitative estimate of drug-likeness (QED) is 0.840. The number of likely N-dealkylation sites (N-methyl/N-ethyl adjacent to an activating group) is 1. The number of carboxylic acids is 1. The van der Waals surface area contributed by atoms with E-state index < -0.39 is 12.0 Å². The Morgan fingerprint density at radius 1 is 1.44 bits per heavy atom. The SMILES string of the molecule is CCC(C(=O)O)N(C)C(=O)N1CCCC(C)C1C. The van der Waals surface area contributed by atoms with E-state index in [9.17, 15) is 9.59 Å². The van der Waals surface area contributed by atoms with Gasteiger partial charge in [0.2, 0.25) is 0 Å². The molecule has 0 aliphatic carbocycles. The van der Waals surface area contributed by atoms with E-state index in [1.165, 1.54) is 4.90 Å². The highest BCUT2D eigenvalue weighted by atomic mass is 16.4. The molecule has 104 valence electrons. The predicted octanol–water partition coefficient (Wildman–Crippen LogP) is 2.02. The molecule has 1 N–H and O–H groups in total. The van der Waals surface area contributed by atoms with Crippen molar-refractivity contribution in [1.29, 1.82) is 0 Å². The number of piperidine rings is 1. The van der Waals surface area contributed by atoms with Crippen LogP contribution in [0.1, 0.15) is 40.0 Å². The molecule has 3 atom stereocenters. The summed E-state index contributed by atoms with van der Waals surface area (Å²) in [5.41, 5.74) is 0. The molecule has 2 amide bonds. The largest absolute Gasteiger partial charge is 0.480 e. The molecule has 0 saturated carbocycles. The molecule has 1 rings (SSSR count). The van der Waals surface area contributed by atoms with Crippen LogP contribution in [0.15, 0.2) is 0 Å². The van der Waals surface area contributed by atoms with Gasteiger partial charge in [-0.1, -0.05) is 13.8 Å². The average Bonchev–Trinajstić information content (AvgIpc) is 2.32. The van der Waals surface area contributed by atoms with Crippen LogP contribution in [0.2, 0.25) is 0 Å². The summed E-state index contributed by atoms with van der Waals surface area (Å²) in [5, 5.41) is 9.10. The highest BCUT2D eigenvalue weighted by Crippen LogP contribution is 2.24. The number of aliphatic carboxylic acids is 1. The normalized spacial score (nSPS) is 25.7. The fraction of sp³-hybridized carbons (Fsp3) is 0.846. The first-order valence-corrected chi connectivity index (χ1v) is 6.66. The number of carbonyl (C=O) groups is 2. The zero-order chi connectivity index (χ0) is 13.9. The summed E-state index contributed by atoms with van der Waals surface area (Å²) in [6.07, 6.45) is 2.55. The maximum atomic E-state index is 12.3. The number of rotatable bonds is 3. The van der Waals surface area contributed by atoms with Gasteiger partial charge in [-0.15, -0.1) is 0 Å². The lowest BCUT2D eigenvalue weighted by Gasteiger charge is -2.40. The Labute approximate surface area is 109 Å². The van der Waals surface area contributed by atoms with Gasteiger partial charge in [0.05, 0.1) is 0 Å². The summed E-state index contributed by atoms with van der Waals surface area (Å²) in [6.45, 7) is 6.69. The van der Waals surface area contributed by atoms with Crippen molar-refractivity contribution >= 4 is 12.0 Å². The van der Waals surface area contributed by atoms with Crippen LogP contribution in [0.4, 0.5) is 4.79 Å². The number of carboxylic acid groups (broad SMARTS) is 1. The van der Waals surface area contributed by atoms with Gasteiger partial charge < -0.3 is 14.9 Å². The van der Waals surface area contributed by atoms with Gasteiger partial charge in [0, 0.05) is 19.6 Å². The zero-order valence-electron chi connectivity index (χ0n) is 11.7. The highest BCUT2D eigenvalue weighted by Gasteiger charge is 2.33. The van der Waals surface area contributed by atoms with Gasteiger partial charge in [-0.05, 0) is 32.1 Å². The van der Waals surface area contributed by atoms with Crippen molar-refractivity contribution < 1.29 is 14.7 Å². The molecule has 0 aromatic heterocycles. The topological polar surface area (TPSA) is 60.9 Å². The van der Waals surface area contributed by atoms with E-state index in [1.807, 2.05) is 6.92 Å². The van der Waals surface area contributed by atoms with Crippen LogP contribution in [-0.4, -0.2) is 52.6 Å². The Morgan fingerprint density at radius 3 is 2.56 bits per heavy atom. The summed E-state index contributed by atoms with van der Waals surface area (Å²) in [7, 11) is 1.58. The second-order valence-corrected chi connectivity index (χ2v) is 5.21. The van der Waals surface area contributed by atoms with E-state index in [0.717, 1.165) is 19.4 Å². The molecule has 0 bridgehead atoms. The fourth-order valence-corrected chi connectivity index (χ4v) is 2.56. The summed E-state index contributed by atoms with van der Waals surface area (Å²) in [4.78, 5) is 26.6. The number of carbonyl (C=O) groups excluding carboxylic acids is 1. The first kappa shape index (κ1) is 14.8. The Balaban J connectivity index is 2.76. The summed E-state index contributed by atoms with van der Waals surface area (Å²) < 4.78 is 0. The molecule has 5 heteroatoms. The van der Waals surface area contributed by atoms with Crippen LogP contribution in [0.3, 0.4) is 0 Å². The van der Waals surface area contributed by atoms with Gasteiger partial charge in [0.1, 0.15) is 6.04 Å². The molecule has 5 nitrogen and oxygen atoms in total. The number of amides is 2. The van der Waals surface area contributed by atoms with Gasteiger partial charge >= 0.3 is 12.0 Å². The molecule has 3 unspecified atom stereocenters. The molecule has 18 heavy (non-hydrogen) atoms. The van der Waals surface area contributed by atoms with Crippen LogP contribution in [0.5, 0.6) is 0 Å². The van der Waals surface area contributed by atoms with Crippen molar-refractivity contribution in [2.24, 2.45) is 5.92 Å². The third-order valence-electron chi connectivity index (χ3n) is 4.06. The molecule has 0 radical (unpaired) electrons. The van der Waals surface area contributed by atoms with Crippen molar-refractivity contribution in [2.45, 2.75) is 52.1 Å². The third kappa shape index (κ3) is 2.94. The van der Waals surface area contributed by atoms with Crippen LogP contribution in [-0.2, 0) is 4.79 Å².